The average molecular weight is 647 g/mol. The molecule has 51 heavy (non-hydrogen) atoms. The summed E-state index contributed by atoms with van der Waals surface area (Å²) < 4.78 is 0. The number of fused-ring (bicyclic) bond motifs is 7. The van der Waals surface area contributed by atoms with E-state index in [1.807, 2.05) is 30.3 Å². The summed E-state index contributed by atoms with van der Waals surface area (Å²) in [6.45, 7) is 2.18. The molecule has 0 heterocycles. The lowest BCUT2D eigenvalue weighted by Crippen LogP contribution is -2.24. The molecule has 0 N–H and O–H groups in total. The molecular weight excluding hydrogens is 621 g/mol. The highest BCUT2D eigenvalue weighted by Gasteiger charge is 2.48. The lowest BCUT2D eigenvalue weighted by Gasteiger charge is -2.32. The first kappa shape index (κ1) is 29.9. The molecule has 234 valence electrons. The third-order valence-corrected chi connectivity index (χ3v) is 10.9. The fraction of sp³-hybridized carbons (Fsp3) is 0.0638. The molecule has 1 atom stereocenters. The molecule has 4 nitrogen and oxygen atoms in total. The molecule has 3 aliphatic carbocycles. The minimum atomic E-state index is -0.548. The van der Waals surface area contributed by atoms with Gasteiger partial charge in [-0.05, 0) is 120 Å². The minimum absolute atomic E-state index is 0.0396. The molecule has 0 aromatic heterocycles. The van der Waals surface area contributed by atoms with Crippen molar-refractivity contribution in [2.45, 2.75) is 18.8 Å². The van der Waals surface area contributed by atoms with E-state index in [0.717, 1.165) is 82.8 Å². The lowest BCUT2D eigenvalue weighted by molar-refractivity contribution is 0.599. The Hall–Kier alpha value is -7.24. The quantitative estimate of drug-likeness (QED) is 0.175. The van der Waals surface area contributed by atoms with Crippen LogP contribution in [0.1, 0.15) is 35.6 Å². The number of hydrogen-bond donors (Lipinski definition) is 0. The van der Waals surface area contributed by atoms with E-state index in [1.165, 1.54) is 0 Å². The summed E-state index contributed by atoms with van der Waals surface area (Å²) in [4.78, 5) is 0. The highest BCUT2D eigenvalue weighted by Crippen LogP contribution is 2.61. The van der Waals surface area contributed by atoms with Crippen molar-refractivity contribution in [1.29, 1.82) is 21.0 Å². The number of rotatable bonds is 2. The van der Waals surface area contributed by atoms with Crippen molar-refractivity contribution in [2.75, 3.05) is 0 Å². The molecule has 0 fully saturated rings. The van der Waals surface area contributed by atoms with E-state index >= 15 is 0 Å². The molecule has 0 aliphatic heterocycles. The topological polar surface area (TPSA) is 95.2 Å². The highest BCUT2D eigenvalue weighted by atomic mass is 14.5. The monoisotopic (exact) mass is 646 g/mol. The maximum absolute atomic E-state index is 10.3. The van der Waals surface area contributed by atoms with Gasteiger partial charge in [-0.25, -0.2) is 0 Å². The van der Waals surface area contributed by atoms with E-state index in [-0.39, 0.29) is 11.1 Å². The van der Waals surface area contributed by atoms with Crippen LogP contribution in [0.2, 0.25) is 0 Å². The highest BCUT2D eigenvalue weighted by molar-refractivity contribution is 6.10. The van der Waals surface area contributed by atoms with Crippen LogP contribution in [-0.4, -0.2) is 0 Å². The van der Waals surface area contributed by atoms with Crippen LogP contribution >= 0.6 is 0 Å². The number of allylic oxidation sites excluding steroid dienone is 8. The third-order valence-electron chi connectivity index (χ3n) is 10.9. The van der Waals surface area contributed by atoms with Crippen molar-refractivity contribution in [3.8, 4) is 46.5 Å². The minimum Gasteiger partial charge on any atom is -0.192 e. The van der Waals surface area contributed by atoms with E-state index in [0.29, 0.717) is 17.6 Å². The van der Waals surface area contributed by atoms with Crippen molar-refractivity contribution >= 4 is 38.3 Å². The van der Waals surface area contributed by atoms with Crippen molar-refractivity contribution in [3.05, 3.63) is 172 Å². The van der Waals surface area contributed by atoms with Crippen molar-refractivity contribution in [3.63, 3.8) is 0 Å². The van der Waals surface area contributed by atoms with Gasteiger partial charge in [-0.15, -0.1) is 0 Å². The smallest absolute Gasteiger partial charge is 0.138 e. The van der Waals surface area contributed by atoms with Crippen LogP contribution in [0.3, 0.4) is 0 Å². The Kier molecular flexibility index (Phi) is 6.53. The Bertz CT molecular complexity index is 2850. The van der Waals surface area contributed by atoms with Gasteiger partial charge in [0, 0.05) is 16.6 Å². The van der Waals surface area contributed by atoms with E-state index in [9.17, 15) is 21.0 Å². The molecule has 0 bridgehead atoms. The molecule has 0 saturated heterocycles. The molecule has 6 aromatic carbocycles. The number of benzene rings is 6. The second kappa shape index (κ2) is 11.2. The van der Waals surface area contributed by atoms with E-state index in [2.05, 4.69) is 128 Å². The van der Waals surface area contributed by atoms with Crippen LogP contribution < -0.4 is 0 Å². The molecule has 0 amide bonds. The summed E-state index contributed by atoms with van der Waals surface area (Å²) in [6, 6.07) is 50.7. The fourth-order valence-electron chi connectivity index (χ4n) is 8.43. The van der Waals surface area contributed by atoms with E-state index < -0.39 is 5.41 Å². The Labute approximate surface area is 295 Å². The number of nitriles is 4. The normalized spacial score (nSPS) is 16.6. The van der Waals surface area contributed by atoms with Gasteiger partial charge in [0.05, 0.1) is 0 Å². The largest absolute Gasteiger partial charge is 0.192 e. The zero-order chi connectivity index (χ0) is 34.9. The molecule has 0 saturated carbocycles. The van der Waals surface area contributed by atoms with Gasteiger partial charge >= 0.3 is 0 Å². The van der Waals surface area contributed by atoms with Crippen LogP contribution in [0.15, 0.2) is 150 Å². The van der Waals surface area contributed by atoms with E-state index in [4.69, 9.17) is 0 Å². The first-order chi connectivity index (χ1) is 24.9. The predicted octanol–water partition coefficient (Wildman–Crippen LogP) is 11.0. The van der Waals surface area contributed by atoms with Gasteiger partial charge < -0.3 is 0 Å². The number of hydrogen-bond acceptors (Lipinski definition) is 4. The second-order valence-corrected chi connectivity index (χ2v) is 13.6. The van der Waals surface area contributed by atoms with Crippen molar-refractivity contribution in [1.82, 2.24) is 0 Å². The Balaban J connectivity index is 1.22. The molecule has 0 radical (unpaired) electrons. The SMILES string of the molecule is CC12CC3=C(C=C1C(=C(C#N)C#N)c1cc(-c4ccc5ccccc5c4)ccc12)C(=C(C#N)C#N)c1cc(-c2ccc4ccccc4c2)ccc13. The van der Waals surface area contributed by atoms with Gasteiger partial charge in [-0.3, -0.25) is 0 Å². The summed E-state index contributed by atoms with van der Waals surface area (Å²) in [7, 11) is 0. The Morgan fingerprint density at radius 2 is 1.00 bits per heavy atom. The third kappa shape index (κ3) is 4.35. The van der Waals surface area contributed by atoms with Crippen molar-refractivity contribution < 1.29 is 0 Å². The van der Waals surface area contributed by atoms with Gasteiger partial charge in [0.25, 0.3) is 0 Å². The lowest BCUT2D eigenvalue weighted by atomic mass is 9.70. The van der Waals surface area contributed by atoms with Crippen LogP contribution in [0.4, 0.5) is 0 Å². The van der Waals surface area contributed by atoms with Crippen molar-refractivity contribution in [2.24, 2.45) is 0 Å². The van der Waals surface area contributed by atoms with Gasteiger partial charge in [-0.1, -0.05) is 104 Å². The zero-order valence-corrected chi connectivity index (χ0v) is 27.6. The fourth-order valence-corrected chi connectivity index (χ4v) is 8.43. The summed E-state index contributed by atoms with van der Waals surface area (Å²) in [5.41, 5.74) is 11.3. The molecule has 3 aliphatic rings. The van der Waals surface area contributed by atoms with Gasteiger partial charge in [0.15, 0.2) is 0 Å². The summed E-state index contributed by atoms with van der Waals surface area (Å²) >= 11 is 0. The first-order valence-electron chi connectivity index (χ1n) is 16.8. The maximum Gasteiger partial charge on any atom is 0.138 e. The van der Waals surface area contributed by atoms with Crippen LogP contribution in [0, 0.1) is 45.3 Å². The average Bonchev–Trinajstić information content (AvgIpc) is 3.61. The molecule has 0 spiro atoms. The molecule has 9 rings (SSSR count). The molecular formula is C47H26N4. The molecule has 1 unspecified atom stereocenters. The van der Waals surface area contributed by atoms with Gasteiger partial charge in [0.1, 0.15) is 35.4 Å². The van der Waals surface area contributed by atoms with Gasteiger partial charge in [0.2, 0.25) is 0 Å². The zero-order valence-electron chi connectivity index (χ0n) is 27.6. The van der Waals surface area contributed by atoms with Gasteiger partial charge in [-0.2, -0.15) is 21.0 Å². The summed E-state index contributed by atoms with van der Waals surface area (Å²) in [5, 5.41) is 45.6. The maximum atomic E-state index is 10.3. The Morgan fingerprint density at radius 3 is 1.59 bits per heavy atom. The second-order valence-electron chi connectivity index (χ2n) is 13.6. The van der Waals surface area contributed by atoms with Crippen LogP contribution in [0.25, 0.3) is 60.5 Å². The molecule has 6 aromatic rings. The Morgan fingerprint density at radius 1 is 0.510 bits per heavy atom. The number of nitrogens with zero attached hydrogens (tertiary/aromatic N) is 4. The first-order valence-corrected chi connectivity index (χ1v) is 16.8. The standard InChI is InChI=1S/C47H26N4/c1-47-23-42-38-16-14-34(32-12-10-28-6-2-4-8-30(28)18-32)20-39(38)45(36(24-48)25-49)40(42)22-44(47)46(37(26-50)27-51)41-21-35(15-17-43(41)47)33-13-11-29-7-3-5-9-31(29)19-33/h2-22H,23H2,1H3. The summed E-state index contributed by atoms with van der Waals surface area (Å²) in [5.74, 6) is 0. The summed E-state index contributed by atoms with van der Waals surface area (Å²) in [6.07, 6.45) is 2.62. The van der Waals surface area contributed by atoms with Crippen LogP contribution in [-0.2, 0) is 5.41 Å². The predicted molar refractivity (Wildman–Crippen MR) is 202 cm³/mol. The molecule has 4 heteroatoms. The van der Waals surface area contributed by atoms with Crippen LogP contribution in [0.5, 0.6) is 0 Å². The van der Waals surface area contributed by atoms with E-state index in [1.54, 1.807) is 0 Å².